The normalized spacial score (nSPS) is 13.9. The van der Waals surface area contributed by atoms with Crippen molar-refractivity contribution in [2.75, 3.05) is 18.5 Å². The van der Waals surface area contributed by atoms with E-state index in [0.29, 0.717) is 36.8 Å². The molecule has 2 amide bonds. The Morgan fingerprint density at radius 3 is 2.59 bits per heavy atom. The number of fused-ring (bicyclic) bond motifs is 1. The van der Waals surface area contributed by atoms with E-state index in [-0.39, 0.29) is 17.4 Å². The minimum Gasteiger partial charge on any atom is -0.450 e. The van der Waals surface area contributed by atoms with Crippen LogP contribution in [0.2, 0.25) is 0 Å². The van der Waals surface area contributed by atoms with Crippen molar-refractivity contribution in [2.45, 2.75) is 46.1 Å². The van der Waals surface area contributed by atoms with Crippen molar-refractivity contribution in [3.8, 4) is 0 Å². The maximum atomic E-state index is 12.5. The molecule has 0 spiro atoms. The first kappa shape index (κ1) is 19.4. The predicted octanol–water partition coefficient (Wildman–Crippen LogP) is 4.21. The number of rotatable bonds is 3. The number of aromatic nitrogens is 1. The van der Waals surface area contributed by atoms with Gasteiger partial charge < -0.3 is 9.64 Å². The number of carbonyl (C=O) groups excluding carboxylic acids is 2. The van der Waals surface area contributed by atoms with Crippen LogP contribution in [0.1, 0.15) is 54.2 Å². The summed E-state index contributed by atoms with van der Waals surface area (Å²) in [5, 5.41) is 3.44. The molecule has 2 heterocycles. The quantitative estimate of drug-likeness (QED) is 0.856. The van der Waals surface area contributed by atoms with Gasteiger partial charge in [0.2, 0.25) is 0 Å². The van der Waals surface area contributed by atoms with Crippen LogP contribution >= 0.6 is 11.3 Å². The van der Waals surface area contributed by atoms with Crippen molar-refractivity contribution in [3.63, 3.8) is 0 Å². The Morgan fingerprint density at radius 1 is 1.26 bits per heavy atom. The van der Waals surface area contributed by atoms with Gasteiger partial charge >= 0.3 is 6.09 Å². The molecule has 2 aromatic rings. The molecule has 7 heteroatoms. The van der Waals surface area contributed by atoms with Crippen molar-refractivity contribution in [1.29, 1.82) is 0 Å². The first-order valence-corrected chi connectivity index (χ1v) is 9.91. The molecule has 0 atom stereocenters. The molecule has 3 rings (SSSR count). The average Bonchev–Trinajstić information content (AvgIpc) is 3.02. The van der Waals surface area contributed by atoms with E-state index in [1.54, 1.807) is 11.8 Å². The number of nitrogens with one attached hydrogen (secondary N) is 1. The zero-order chi connectivity index (χ0) is 19.6. The van der Waals surface area contributed by atoms with Gasteiger partial charge in [-0.05, 0) is 30.0 Å². The highest BCUT2D eigenvalue weighted by molar-refractivity contribution is 7.15. The van der Waals surface area contributed by atoms with Crippen LogP contribution in [-0.4, -0.2) is 35.0 Å². The van der Waals surface area contributed by atoms with Crippen molar-refractivity contribution < 1.29 is 14.3 Å². The van der Waals surface area contributed by atoms with Gasteiger partial charge in [-0.2, -0.15) is 0 Å². The van der Waals surface area contributed by atoms with Gasteiger partial charge in [0.25, 0.3) is 5.91 Å². The smallest absolute Gasteiger partial charge is 0.410 e. The van der Waals surface area contributed by atoms with E-state index >= 15 is 0 Å². The molecule has 0 fully saturated rings. The van der Waals surface area contributed by atoms with Crippen LogP contribution in [-0.2, 0) is 23.1 Å². The van der Waals surface area contributed by atoms with Crippen LogP contribution in [0.5, 0.6) is 0 Å². The second-order valence-electron chi connectivity index (χ2n) is 7.54. The summed E-state index contributed by atoms with van der Waals surface area (Å²) >= 11 is 1.41. The van der Waals surface area contributed by atoms with Crippen LogP contribution in [0.15, 0.2) is 24.3 Å². The van der Waals surface area contributed by atoms with Crippen LogP contribution in [0.3, 0.4) is 0 Å². The third-order valence-electron chi connectivity index (χ3n) is 4.49. The molecular formula is C20H25N3O3S. The van der Waals surface area contributed by atoms with E-state index < -0.39 is 0 Å². The van der Waals surface area contributed by atoms with E-state index in [9.17, 15) is 9.59 Å². The van der Waals surface area contributed by atoms with Crippen LogP contribution in [0.4, 0.5) is 9.93 Å². The van der Waals surface area contributed by atoms with E-state index in [1.165, 1.54) is 16.9 Å². The van der Waals surface area contributed by atoms with E-state index in [4.69, 9.17) is 4.74 Å². The van der Waals surface area contributed by atoms with Crippen LogP contribution in [0, 0.1) is 0 Å². The van der Waals surface area contributed by atoms with Gasteiger partial charge in [-0.1, -0.05) is 44.2 Å². The standard InChI is InChI=1S/C20H25N3O3S/c1-5-26-19(25)23-11-10-15-16(12-23)27-18(21-15)22-17(24)13-6-8-14(9-7-13)20(2,3)4/h6-9H,5,10-12H2,1-4H3,(H,21,22,24). The number of anilines is 1. The molecule has 0 bridgehead atoms. The summed E-state index contributed by atoms with van der Waals surface area (Å²) in [5.74, 6) is -0.177. The summed E-state index contributed by atoms with van der Waals surface area (Å²) in [6, 6.07) is 7.65. The van der Waals surface area contributed by atoms with Crippen LogP contribution < -0.4 is 5.32 Å². The lowest BCUT2D eigenvalue weighted by atomic mass is 9.87. The summed E-state index contributed by atoms with van der Waals surface area (Å²) < 4.78 is 5.06. The fraction of sp³-hybridized carbons (Fsp3) is 0.450. The van der Waals surface area contributed by atoms with Crippen molar-refractivity contribution in [2.24, 2.45) is 0 Å². The summed E-state index contributed by atoms with van der Waals surface area (Å²) in [7, 11) is 0. The third-order valence-corrected chi connectivity index (χ3v) is 5.49. The number of amides is 2. The molecule has 0 aliphatic carbocycles. The largest absolute Gasteiger partial charge is 0.450 e. The lowest BCUT2D eigenvalue weighted by Crippen LogP contribution is -2.35. The molecule has 0 saturated heterocycles. The molecule has 1 aromatic heterocycles. The highest BCUT2D eigenvalue weighted by Crippen LogP contribution is 2.29. The molecular weight excluding hydrogens is 362 g/mol. The van der Waals surface area contributed by atoms with Gasteiger partial charge in [-0.15, -0.1) is 0 Å². The SMILES string of the molecule is CCOC(=O)N1CCc2nc(NC(=O)c3ccc(C(C)(C)C)cc3)sc2C1. The number of thiazole rings is 1. The van der Waals surface area contributed by atoms with Gasteiger partial charge in [0.05, 0.1) is 18.8 Å². The average molecular weight is 388 g/mol. The minimum absolute atomic E-state index is 0.0498. The first-order chi connectivity index (χ1) is 12.8. The van der Waals surface area contributed by atoms with Gasteiger partial charge in [0.1, 0.15) is 0 Å². The predicted molar refractivity (Wildman–Crippen MR) is 106 cm³/mol. The summed E-state index contributed by atoms with van der Waals surface area (Å²) in [4.78, 5) is 31.6. The molecule has 27 heavy (non-hydrogen) atoms. The highest BCUT2D eigenvalue weighted by atomic mass is 32.1. The lowest BCUT2D eigenvalue weighted by Gasteiger charge is -2.24. The zero-order valence-electron chi connectivity index (χ0n) is 16.2. The Kier molecular flexibility index (Phi) is 5.51. The molecule has 6 nitrogen and oxygen atoms in total. The van der Waals surface area contributed by atoms with Crippen molar-refractivity contribution >= 4 is 28.5 Å². The fourth-order valence-electron chi connectivity index (χ4n) is 2.91. The van der Waals surface area contributed by atoms with Crippen LogP contribution in [0.25, 0.3) is 0 Å². The number of hydrogen-bond acceptors (Lipinski definition) is 5. The van der Waals surface area contributed by atoms with E-state index in [1.807, 2.05) is 24.3 Å². The second kappa shape index (κ2) is 7.68. The maximum absolute atomic E-state index is 12.5. The highest BCUT2D eigenvalue weighted by Gasteiger charge is 2.25. The number of hydrogen-bond donors (Lipinski definition) is 1. The summed E-state index contributed by atoms with van der Waals surface area (Å²) in [5.41, 5.74) is 2.78. The number of nitrogens with zero attached hydrogens (tertiary/aromatic N) is 2. The van der Waals surface area contributed by atoms with Gasteiger partial charge in [-0.25, -0.2) is 9.78 Å². The molecule has 144 valence electrons. The second-order valence-corrected chi connectivity index (χ2v) is 8.62. The summed E-state index contributed by atoms with van der Waals surface area (Å²) in [6.45, 7) is 9.63. The third kappa shape index (κ3) is 4.47. The Hall–Kier alpha value is -2.41. The Morgan fingerprint density at radius 2 is 1.96 bits per heavy atom. The molecule has 0 radical (unpaired) electrons. The molecule has 1 aromatic carbocycles. The fourth-order valence-corrected chi connectivity index (χ4v) is 3.93. The van der Waals surface area contributed by atoms with Crippen molar-refractivity contribution in [3.05, 3.63) is 46.0 Å². The minimum atomic E-state index is -0.305. The molecule has 1 N–H and O–H groups in total. The lowest BCUT2D eigenvalue weighted by molar-refractivity contribution is 0.102. The van der Waals surface area contributed by atoms with Crippen molar-refractivity contribution in [1.82, 2.24) is 9.88 Å². The summed E-state index contributed by atoms with van der Waals surface area (Å²) in [6.07, 6.45) is 0.363. The number of carbonyl (C=O) groups is 2. The monoisotopic (exact) mass is 387 g/mol. The molecule has 1 aliphatic rings. The first-order valence-electron chi connectivity index (χ1n) is 9.10. The molecule has 1 aliphatic heterocycles. The molecule has 0 saturated carbocycles. The topological polar surface area (TPSA) is 71.5 Å². The zero-order valence-corrected chi connectivity index (χ0v) is 17.0. The maximum Gasteiger partial charge on any atom is 0.410 e. The van der Waals surface area contributed by atoms with Gasteiger partial charge in [0.15, 0.2) is 5.13 Å². The Bertz CT molecular complexity index is 837. The Labute approximate surface area is 163 Å². The Balaban J connectivity index is 1.67. The molecule has 0 unspecified atom stereocenters. The van der Waals surface area contributed by atoms with Gasteiger partial charge in [0, 0.05) is 23.4 Å². The van der Waals surface area contributed by atoms with E-state index in [0.717, 1.165) is 10.6 Å². The van der Waals surface area contributed by atoms with E-state index in [2.05, 4.69) is 31.1 Å². The van der Waals surface area contributed by atoms with Gasteiger partial charge in [-0.3, -0.25) is 10.1 Å². The number of benzene rings is 1. The number of ether oxygens (including phenoxy) is 1.